The molecule has 0 fully saturated rings. The van der Waals surface area contributed by atoms with Crippen molar-refractivity contribution in [2.24, 2.45) is 11.8 Å². The van der Waals surface area contributed by atoms with Gasteiger partial charge in [0.25, 0.3) is 0 Å². The van der Waals surface area contributed by atoms with Gasteiger partial charge in [-0.1, -0.05) is 56.3 Å². The lowest BCUT2D eigenvalue weighted by Crippen LogP contribution is -2.37. The van der Waals surface area contributed by atoms with Gasteiger partial charge in [0.2, 0.25) is 0 Å². The highest BCUT2D eigenvalue weighted by molar-refractivity contribution is 5.73. The molecular formula is C18H25NO4. The summed E-state index contributed by atoms with van der Waals surface area (Å²) >= 11 is 0. The third-order valence-electron chi connectivity index (χ3n) is 3.40. The van der Waals surface area contributed by atoms with E-state index in [1.54, 1.807) is 19.1 Å². The maximum atomic E-state index is 11.9. The summed E-state index contributed by atoms with van der Waals surface area (Å²) in [5, 5.41) is 2.80. The predicted octanol–water partition coefficient (Wildman–Crippen LogP) is 3.30. The van der Waals surface area contributed by atoms with Gasteiger partial charge in [0, 0.05) is 0 Å². The van der Waals surface area contributed by atoms with Crippen molar-refractivity contribution in [2.75, 3.05) is 7.11 Å². The number of ether oxygens (including phenoxy) is 2. The van der Waals surface area contributed by atoms with Gasteiger partial charge < -0.3 is 14.8 Å². The van der Waals surface area contributed by atoms with Crippen molar-refractivity contribution in [3.63, 3.8) is 0 Å². The van der Waals surface area contributed by atoms with Crippen LogP contribution in [0.1, 0.15) is 26.3 Å². The number of nitrogens with one attached hydrogen (secondary N) is 1. The minimum Gasteiger partial charge on any atom is -0.469 e. The predicted molar refractivity (Wildman–Crippen MR) is 88.7 cm³/mol. The Balaban J connectivity index is 2.53. The van der Waals surface area contributed by atoms with Crippen molar-refractivity contribution in [1.82, 2.24) is 5.32 Å². The Labute approximate surface area is 137 Å². The van der Waals surface area contributed by atoms with E-state index in [2.05, 4.69) is 10.1 Å². The van der Waals surface area contributed by atoms with Gasteiger partial charge in [-0.15, -0.1) is 0 Å². The van der Waals surface area contributed by atoms with Crippen LogP contribution in [-0.4, -0.2) is 25.2 Å². The number of alkyl carbamates (subject to hydrolysis) is 1. The molecule has 0 aliphatic rings. The van der Waals surface area contributed by atoms with Gasteiger partial charge in [0.1, 0.15) is 6.61 Å². The molecule has 1 N–H and O–H groups in total. The van der Waals surface area contributed by atoms with E-state index in [0.29, 0.717) is 0 Å². The molecule has 0 saturated carbocycles. The Hall–Kier alpha value is -2.30. The molecule has 0 bridgehead atoms. The molecule has 1 rings (SSSR count). The van der Waals surface area contributed by atoms with Gasteiger partial charge in [-0.05, 0) is 18.4 Å². The Bertz CT molecular complexity index is 525. The SMILES string of the molecule is COC(=O)[C@@H](C)/C=C/[C@H](NC(=O)OCc1ccccc1)C(C)C. The van der Waals surface area contributed by atoms with Gasteiger partial charge in [-0.3, -0.25) is 4.79 Å². The Morgan fingerprint density at radius 2 is 1.78 bits per heavy atom. The first-order valence-electron chi connectivity index (χ1n) is 7.67. The van der Waals surface area contributed by atoms with E-state index in [9.17, 15) is 9.59 Å². The molecule has 0 aliphatic carbocycles. The number of esters is 1. The largest absolute Gasteiger partial charge is 0.469 e. The van der Waals surface area contributed by atoms with Gasteiger partial charge in [0.05, 0.1) is 19.1 Å². The highest BCUT2D eigenvalue weighted by Gasteiger charge is 2.16. The molecule has 2 atom stereocenters. The number of hydrogen-bond donors (Lipinski definition) is 1. The highest BCUT2D eigenvalue weighted by atomic mass is 16.5. The number of hydrogen-bond acceptors (Lipinski definition) is 4. The van der Waals surface area contributed by atoms with Gasteiger partial charge in [-0.2, -0.15) is 0 Å². The summed E-state index contributed by atoms with van der Waals surface area (Å²) < 4.78 is 9.88. The van der Waals surface area contributed by atoms with Crippen LogP contribution in [0.15, 0.2) is 42.5 Å². The monoisotopic (exact) mass is 319 g/mol. The van der Waals surface area contributed by atoms with Crippen molar-refractivity contribution < 1.29 is 19.1 Å². The number of carbonyl (C=O) groups is 2. The maximum Gasteiger partial charge on any atom is 0.407 e. The molecule has 0 unspecified atom stereocenters. The second-order valence-electron chi connectivity index (χ2n) is 5.67. The molecule has 0 radical (unpaired) electrons. The second-order valence-corrected chi connectivity index (χ2v) is 5.67. The van der Waals surface area contributed by atoms with Crippen LogP contribution in [0.5, 0.6) is 0 Å². The number of rotatable bonds is 7. The summed E-state index contributed by atoms with van der Waals surface area (Å²) in [5.41, 5.74) is 0.929. The van der Waals surface area contributed by atoms with E-state index in [1.807, 2.05) is 44.2 Å². The fourth-order valence-electron chi connectivity index (χ4n) is 1.89. The van der Waals surface area contributed by atoms with E-state index in [0.717, 1.165) is 5.56 Å². The smallest absolute Gasteiger partial charge is 0.407 e. The molecule has 126 valence electrons. The van der Waals surface area contributed by atoms with E-state index < -0.39 is 6.09 Å². The molecule has 0 aliphatic heterocycles. The van der Waals surface area contributed by atoms with Crippen LogP contribution >= 0.6 is 0 Å². The summed E-state index contributed by atoms with van der Waals surface area (Å²) in [6, 6.07) is 9.27. The molecule has 0 spiro atoms. The van der Waals surface area contributed by atoms with Crippen LogP contribution in [0.4, 0.5) is 4.79 Å². The molecule has 0 saturated heterocycles. The first-order chi connectivity index (χ1) is 10.9. The quantitative estimate of drug-likeness (QED) is 0.618. The summed E-state index contributed by atoms with van der Waals surface area (Å²) in [7, 11) is 1.35. The fourth-order valence-corrected chi connectivity index (χ4v) is 1.89. The van der Waals surface area contributed by atoms with Crippen molar-refractivity contribution in [1.29, 1.82) is 0 Å². The van der Waals surface area contributed by atoms with Crippen molar-refractivity contribution >= 4 is 12.1 Å². The third-order valence-corrected chi connectivity index (χ3v) is 3.40. The van der Waals surface area contributed by atoms with Gasteiger partial charge in [-0.25, -0.2) is 4.79 Å². The van der Waals surface area contributed by atoms with Crippen molar-refractivity contribution in [2.45, 2.75) is 33.4 Å². The minimum absolute atomic E-state index is 0.167. The summed E-state index contributed by atoms with van der Waals surface area (Å²) in [5.74, 6) is -0.501. The van der Waals surface area contributed by atoms with Crippen LogP contribution < -0.4 is 5.32 Å². The summed E-state index contributed by atoms with van der Waals surface area (Å²) in [6.45, 7) is 5.93. The lowest BCUT2D eigenvalue weighted by atomic mass is 10.0. The van der Waals surface area contributed by atoms with Crippen LogP contribution in [0.2, 0.25) is 0 Å². The molecule has 0 heterocycles. The number of methoxy groups -OCH3 is 1. The zero-order valence-electron chi connectivity index (χ0n) is 14.1. The third kappa shape index (κ3) is 7.00. The van der Waals surface area contributed by atoms with Crippen molar-refractivity contribution in [3.8, 4) is 0 Å². The molecular weight excluding hydrogens is 294 g/mol. The first kappa shape index (κ1) is 18.7. The molecule has 23 heavy (non-hydrogen) atoms. The first-order valence-corrected chi connectivity index (χ1v) is 7.67. The zero-order chi connectivity index (χ0) is 17.2. The number of amides is 1. The highest BCUT2D eigenvalue weighted by Crippen LogP contribution is 2.08. The van der Waals surface area contributed by atoms with E-state index in [-0.39, 0.29) is 30.5 Å². The average Bonchev–Trinajstić information content (AvgIpc) is 2.56. The normalized spacial score (nSPS) is 13.6. The van der Waals surface area contributed by atoms with Crippen LogP contribution in [0.3, 0.4) is 0 Å². The summed E-state index contributed by atoms with van der Waals surface area (Å²) in [4.78, 5) is 23.3. The van der Waals surface area contributed by atoms with Crippen LogP contribution in [0, 0.1) is 11.8 Å². The number of carbonyl (C=O) groups excluding carboxylic acids is 2. The van der Waals surface area contributed by atoms with Crippen LogP contribution in [-0.2, 0) is 20.9 Å². The van der Waals surface area contributed by atoms with Crippen molar-refractivity contribution in [3.05, 3.63) is 48.0 Å². The maximum absolute atomic E-state index is 11.9. The van der Waals surface area contributed by atoms with Gasteiger partial charge in [0.15, 0.2) is 0 Å². The van der Waals surface area contributed by atoms with E-state index in [4.69, 9.17) is 4.74 Å². The lowest BCUT2D eigenvalue weighted by molar-refractivity contribution is -0.143. The Morgan fingerprint density at radius 3 is 2.35 bits per heavy atom. The molecule has 0 aromatic heterocycles. The topological polar surface area (TPSA) is 64.6 Å². The lowest BCUT2D eigenvalue weighted by Gasteiger charge is -2.19. The number of benzene rings is 1. The second kappa shape index (κ2) is 9.66. The standard InChI is InChI=1S/C18H25NO4/c1-13(2)16(11-10-14(3)17(20)22-4)19-18(21)23-12-15-8-6-5-7-9-15/h5-11,13-14,16H,12H2,1-4H3,(H,19,21)/b11-10+/t14-,16-/m0/s1. The molecule has 1 amide bonds. The van der Waals surface area contributed by atoms with E-state index in [1.165, 1.54) is 7.11 Å². The Kier molecular flexibility index (Phi) is 7.88. The van der Waals surface area contributed by atoms with Crippen LogP contribution in [0.25, 0.3) is 0 Å². The zero-order valence-corrected chi connectivity index (χ0v) is 14.1. The minimum atomic E-state index is -0.483. The molecule has 5 nitrogen and oxygen atoms in total. The fraction of sp³-hybridized carbons (Fsp3) is 0.444. The van der Waals surface area contributed by atoms with Gasteiger partial charge >= 0.3 is 12.1 Å². The molecule has 1 aromatic carbocycles. The molecule has 5 heteroatoms. The molecule has 1 aromatic rings. The Morgan fingerprint density at radius 1 is 1.13 bits per heavy atom. The summed E-state index contributed by atoms with van der Waals surface area (Å²) in [6.07, 6.45) is 3.05. The van der Waals surface area contributed by atoms with E-state index >= 15 is 0 Å². The average molecular weight is 319 g/mol.